The predicted molar refractivity (Wildman–Crippen MR) is 62.9 cm³/mol. The third-order valence-corrected chi connectivity index (χ3v) is 3.47. The van der Waals surface area contributed by atoms with Crippen LogP contribution in [0.4, 0.5) is 0 Å². The Morgan fingerprint density at radius 3 is 2.46 bits per heavy atom. The first-order chi connectivity index (χ1) is 6.16. The number of hydrogen-bond acceptors (Lipinski definition) is 2. The van der Waals surface area contributed by atoms with Gasteiger partial charge >= 0.3 is 0 Å². The Balaban J connectivity index is 2.99. The highest BCUT2D eigenvalue weighted by molar-refractivity contribution is 7.99. The zero-order chi connectivity index (χ0) is 10.1. The summed E-state index contributed by atoms with van der Waals surface area (Å²) in [5.41, 5.74) is 0. The lowest BCUT2D eigenvalue weighted by Gasteiger charge is -2.08. The molecule has 0 saturated heterocycles. The maximum absolute atomic E-state index is 5.67. The van der Waals surface area contributed by atoms with Gasteiger partial charge in [-0.05, 0) is 12.3 Å². The van der Waals surface area contributed by atoms with Crippen LogP contribution in [0.2, 0.25) is 0 Å². The molecule has 80 valence electrons. The van der Waals surface area contributed by atoms with E-state index in [4.69, 9.17) is 16.3 Å². The summed E-state index contributed by atoms with van der Waals surface area (Å²) in [7, 11) is 0. The SMILES string of the molecule is CC(C)CCOCCSC(C)CCl. The van der Waals surface area contributed by atoms with Gasteiger partial charge in [0.25, 0.3) is 0 Å². The highest BCUT2D eigenvalue weighted by Gasteiger charge is 1.99. The maximum atomic E-state index is 5.67. The van der Waals surface area contributed by atoms with Crippen molar-refractivity contribution in [2.24, 2.45) is 5.92 Å². The van der Waals surface area contributed by atoms with Crippen LogP contribution in [0.25, 0.3) is 0 Å². The molecule has 13 heavy (non-hydrogen) atoms. The van der Waals surface area contributed by atoms with Crippen LogP contribution in [0.1, 0.15) is 27.2 Å². The fourth-order valence-corrected chi connectivity index (χ4v) is 1.75. The molecule has 1 unspecified atom stereocenters. The van der Waals surface area contributed by atoms with Crippen LogP contribution in [0.3, 0.4) is 0 Å². The van der Waals surface area contributed by atoms with Gasteiger partial charge in [0.1, 0.15) is 0 Å². The maximum Gasteiger partial charge on any atom is 0.0556 e. The molecule has 1 nitrogen and oxygen atoms in total. The van der Waals surface area contributed by atoms with Crippen molar-refractivity contribution in [3.63, 3.8) is 0 Å². The second-order valence-electron chi connectivity index (χ2n) is 3.63. The summed E-state index contributed by atoms with van der Waals surface area (Å²) in [6, 6.07) is 0. The molecule has 1 atom stereocenters. The van der Waals surface area contributed by atoms with Gasteiger partial charge in [0.2, 0.25) is 0 Å². The molecule has 0 aromatic heterocycles. The molecule has 0 saturated carbocycles. The summed E-state index contributed by atoms with van der Waals surface area (Å²) >= 11 is 7.55. The third-order valence-electron chi connectivity index (χ3n) is 1.69. The largest absolute Gasteiger partial charge is 0.381 e. The van der Waals surface area contributed by atoms with Gasteiger partial charge in [0, 0.05) is 23.5 Å². The summed E-state index contributed by atoms with van der Waals surface area (Å²) in [5.74, 6) is 2.54. The van der Waals surface area contributed by atoms with Crippen molar-refractivity contribution in [1.82, 2.24) is 0 Å². The molecule has 0 aromatic rings. The zero-order valence-electron chi connectivity index (χ0n) is 8.88. The highest BCUT2D eigenvalue weighted by atomic mass is 35.5. The molecule has 3 heteroatoms. The number of halogens is 1. The molecule has 0 heterocycles. The molecule has 0 aliphatic heterocycles. The predicted octanol–water partition coefficient (Wildman–Crippen LogP) is 3.41. The lowest BCUT2D eigenvalue weighted by molar-refractivity contribution is 0.138. The molecular formula is C10H21ClOS. The second kappa shape index (κ2) is 9.17. The molecule has 0 aromatic carbocycles. The van der Waals surface area contributed by atoms with E-state index in [1.54, 1.807) is 0 Å². The second-order valence-corrected chi connectivity index (χ2v) is 5.49. The Bertz CT molecular complexity index is 109. The monoisotopic (exact) mass is 224 g/mol. The fraction of sp³-hybridized carbons (Fsp3) is 1.00. The molecule has 0 aliphatic rings. The van der Waals surface area contributed by atoms with Crippen LogP contribution in [0, 0.1) is 5.92 Å². The quantitative estimate of drug-likeness (QED) is 0.462. The molecule has 0 fully saturated rings. The van der Waals surface area contributed by atoms with Gasteiger partial charge in [0.05, 0.1) is 6.61 Å². The van der Waals surface area contributed by atoms with Gasteiger partial charge in [-0.2, -0.15) is 11.8 Å². The Morgan fingerprint density at radius 1 is 1.23 bits per heavy atom. The normalized spacial score (nSPS) is 13.6. The van der Waals surface area contributed by atoms with Gasteiger partial charge in [-0.15, -0.1) is 11.6 Å². The van der Waals surface area contributed by atoms with Gasteiger partial charge in [0.15, 0.2) is 0 Å². The topological polar surface area (TPSA) is 9.23 Å². The van der Waals surface area contributed by atoms with Crippen molar-refractivity contribution in [2.45, 2.75) is 32.4 Å². The fourth-order valence-electron chi connectivity index (χ4n) is 0.774. The van der Waals surface area contributed by atoms with Crippen LogP contribution >= 0.6 is 23.4 Å². The Hall–Kier alpha value is 0.600. The highest BCUT2D eigenvalue weighted by Crippen LogP contribution is 2.11. The minimum atomic E-state index is 0.551. The van der Waals surface area contributed by atoms with E-state index in [2.05, 4.69) is 20.8 Å². The van der Waals surface area contributed by atoms with Crippen LogP contribution in [0.5, 0.6) is 0 Å². The number of rotatable bonds is 8. The zero-order valence-corrected chi connectivity index (χ0v) is 10.5. The van der Waals surface area contributed by atoms with E-state index in [1.807, 2.05) is 11.8 Å². The Morgan fingerprint density at radius 2 is 1.92 bits per heavy atom. The minimum absolute atomic E-state index is 0.551. The molecule has 0 spiro atoms. The smallest absolute Gasteiger partial charge is 0.0556 e. The lowest BCUT2D eigenvalue weighted by Crippen LogP contribution is -2.05. The molecule has 0 amide bonds. The van der Waals surface area contributed by atoms with E-state index < -0.39 is 0 Å². The first-order valence-corrected chi connectivity index (χ1v) is 6.50. The van der Waals surface area contributed by atoms with Crippen LogP contribution in [-0.2, 0) is 4.74 Å². The summed E-state index contributed by atoms with van der Waals surface area (Å²) in [6.45, 7) is 8.33. The average Bonchev–Trinajstić information content (AvgIpc) is 2.10. The van der Waals surface area contributed by atoms with Gasteiger partial charge < -0.3 is 4.74 Å². The van der Waals surface area contributed by atoms with Crippen molar-refractivity contribution in [3.05, 3.63) is 0 Å². The molecule has 0 aliphatic carbocycles. The van der Waals surface area contributed by atoms with Crippen LogP contribution in [-0.4, -0.2) is 30.1 Å². The van der Waals surface area contributed by atoms with Crippen molar-refractivity contribution in [2.75, 3.05) is 24.8 Å². The molecule has 0 radical (unpaired) electrons. The van der Waals surface area contributed by atoms with Gasteiger partial charge in [-0.25, -0.2) is 0 Å². The summed E-state index contributed by atoms with van der Waals surface area (Å²) in [4.78, 5) is 0. The standard InChI is InChI=1S/C10H21ClOS/c1-9(2)4-5-12-6-7-13-10(3)8-11/h9-10H,4-8H2,1-3H3. The van der Waals surface area contributed by atoms with E-state index in [1.165, 1.54) is 0 Å². The van der Waals surface area contributed by atoms with E-state index in [0.717, 1.165) is 37.2 Å². The van der Waals surface area contributed by atoms with E-state index in [9.17, 15) is 0 Å². The lowest BCUT2D eigenvalue weighted by atomic mass is 10.1. The molecule has 0 N–H and O–H groups in total. The van der Waals surface area contributed by atoms with Crippen molar-refractivity contribution < 1.29 is 4.74 Å². The first-order valence-electron chi connectivity index (χ1n) is 4.92. The number of thioether (sulfide) groups is 1. The summed E-state index contributed by atoms with van der Waals surface area (Å²) in [6.07, 6.45) is 1.16. The molecule has 0 rings (SSSR count). The van der Waals surface area contributed by atoms with Crippen molar-refractivity contribution in [3.8, 4) is 0 Å². The third kappa shape index (κ3) is 10.5. The van der Waals surface area contributed by atoms with Gasteiger partial charge in [-0.1, -0.05) is 20.8 Å². The van der Waals surface area contributed by atoms with E-state index in [0.29, 0.717) is 5.25 Å². The average molecular weight is 225 g/mol. The van der Waals surface area contributed by atoms with E-state index >= 15 is 0 Å². The van der Waals surface area contributed by atoms with Crippen molar-refractivity contribution in [1.29, 1.82) is 0 Å². The molecule has 0 bridgehead atoms. The van der Waals surface area contributed by atoms with Gasteiger partial charge in [-0.3, -0.25) is 0 Å². The molecular weight excluding hydrogens is 204 g/mol. The number of alkyl halides is 1. The number of ether oxygens (including phenoxy) is 1. The Kier molecular flexibility index (Phi) is 9.59. The minimum Gasteiger partial charge on any atom is -0.381 e. The van der Waals surface area contributed by atoms with Crippen LogP contribution in [0.15, 0.2) is 0 Å². The summed E-state index contributed by atoms with van der Waals surface area (Å²) in [5, 5.41) is 0.551. The first kappa shape index (κ1) is 13.6. The van der Waals surface area contributed by atoms with Crippen molar-refractivity contribution >= 4 is 23.4 Å². The van der Waals surface area contributed by atoms with E-state index in [-0.39, 0.29) is 0 Å². The Labute approximate surface area is 91.6 Å². The number of hydrogen-bond donors (Lipinski definition) is 0. The summed E-state index contributed by atoms with van der Waals surface area (Å²) < 4.78 is 5.48. The van der Waals surface area contributed by atoms with Crippen LogP contribution < -0.4 is 0 Å².